The topological polar surface area (TPSA) is 80.4 Å². The maximum Gasteiger partial charge on any atom is 0.255 e. The van der Waals surface area contributed by atoms with E-state index in [1.165, 1.54) is 6.07 Å². The quantitative estimate of drug-likeness (QED) is 0.871. The lowest BCUT2D eigenvalue weighted by atomic mass is 10.2. The lowest BCUT2D eigenvalue weighted by molar-refractivity contribution is 0.102. The number of carbonyl (C=O) groups is 1. The second-order valence-electron chi connectivity index (χ2n) is 4.44. The van der Waals surface area contributed by atoms with Crippen molar-refractivity contribution in [3.05, 3.63) is 51.9 Å². The lowest BCUT2D eigenvalue weighted by Gasteiger charge is -2.06. The van der Waals surface area contributed by atoms with Gasteiger partial charge in [-0.1, -0.05) is 0 Å². The summed E-state index contributed by atoms with van der Waals surface area (Å²) in [5, 5.41) is 2.72. The summed E-state index contributed by atoms with van der Waals surface area (Å²) >= 11 is 0. The van der Waals surface area contributed by atoms with Crippen LogP contribution in [0.15, 0.2) is 35.1 Å². The van der Waals surface area contributed by atoms with E-state index in [0.29, 0.717) is 28.4 Å². The Morgan fingerprint density at radius 1 is 1.20 bits per heavy atom. The summed E-state index contributed by atoms with van der Waals surface area (Å²) in [5.41, 5.74) is 1.22. The third kappa shape index (κ3) is 2.35. The van der Waals surface area contributed by atoms with Crippen molar-refractivity contribution in [3.63, 3.8) is 0 Å². The van der Waals surface area contributed by atoms with Gasteiger partial charge in [-0.3, -0.25) is 9.59 Å². The van der Waals surface area contributed by atoms with Crippen LogP contribution in [-0.2, 0) is 0 Å². The van der Waals surface area contributed by atoms with Crippen LogP contribution < -0.4 is 20.3 Å². The van der Waals surface area contributed by atoms with Gasteiger partial charge in [0, 0.05) is 29.1 Å². The van der Waals surface area contributed by atoms with E-state index in [2.05, 4.69) is 10.3 Å². The van der Waals surface area contributed by atoms with E-state index in [-0.39, 0.29) is 18.3 Å². The standard InChI is InChI=1S/C14H12N2O4/c1-8-4-9(5-13(17)15-8)14(18)16-10-2-3-11-12(6-10)20-7-19-11/h2-6H,7H2,1H3,(H,15,17)(H,16,18). The summed E-state index contributed by atoms with van der Waals surface area (Å²) < 4.78 is 10.4. The van der Waals surface area contributed by atoms with E-state index in [1.807, 2.05) is 0 Å². The fraction of sp³-hybridized carbons (Fsp3) is 0.143. The first-order valence-electron chi connectivity index (χ1n) is 6.04. The molecule has 102 valence electrons. The van der Waals surface area contributed by atoms with E-state index in [9.17, 15) is 9.59 Å². The summed E-state index contributed by atoms with van der Waals surface area (Å²) in [6, 6.07) is 7.99. The van der Waals surface area contributed by atoms with Crippen molar-refractivity contribution < 1.29 is 14.3 Å². The number of anilines is 1. The molecule has 0 bridgehead atoms. The Hall–Kier alpha value is -2.76. The van der Waals surface area contributed by atoms with Crippen LogP contribution in [-0.4, -0.2) is 17.7 Å². The highest BCUT2D eigenvalue weighted by Crippen LogP contribution is 2.34. The van der Waals surface area contributed by atoms with Gasteiger partial charge in [0.1, 0.15) is 0 Å². The third-order valence-corrected chi connectivity index (χ3v) is 2.87. The van der Waals surface area contributed by atoms with Crippen LogP contribution in [0.3, 0.4) is 0 Å². The molecule has 2 heterocycles. The molecule has 6 heteroatoms. The Labute approximate surface area is 114 Å². The van der Waals surface area contributed by atoms with Crippen molar-refractivity contribution in [2.75, 3.05) is 12.1 Å². The number of pyridine rings is 1. The number of H-pyrrole nitrogens is 1. The molecule has 0 unspecified atom stereocenters. The van der Waals surface area contributed by atoms with Crippen molar-refractivity contribution in [1.82, 2.24) is 4.98 Å². The van der Waals surface area contributed by atoms with E-state index in [0.717, 1.165) is 0 Å². The molecule has 0 fully saturated rings. The Morgan fingerprint density at radius 3 is 2.80 bits per heavy atom. The second-order valence-corrected chi connectivity index (χ2v) is 4.44. The molecule has 20 heavy (non-hydrogen) atoms. The molecule has 2 aromatic rings. The van der Waals surface area contributed by atoms with Crippen LogP contribution in [0.1, 0.15) is 16.1 Å². The van der Waals surface area contributed by atoms with Gasteiger partial charge in [0.2, 0.25) is 12.4 Å². The number of aryl methyl sites for hydroxylation is 1. The minimum Gasteiger partial charge on any atom is -0.454 e. The van der Waals surface area contributed by atoms with Gasteiger partial charge >= 0.3 is 0 Å². The van der Waals surface area contributed by atoms with Crippen molar-refractivity contribution in [2.24, 2.45) is 0 Å². The molecule has 6 nitrogen and oxygen atoms in total. The summed E-state index contributed by atoms with van der Waals surface area (Å²) in [4.78, 5) is 26.0. The van der Waals surface area contributed by atoms with Crippen LogP contribution in [0.4, 0.5) is 5.69 Å². The largest absolute Gasteiger partial charge is 0.454 e. The molecule has 0 atom stereocenters. The molecule has 3 rings (SSSR count). The SMILES string of the molecule is Cc1cc(C(=O)Nc2ccc3c(c2)OCO3)cc(=O)[nH]1. The average Bonchev–Trinajstić information content (AvgIpc) is 2.85. The van der Waals surface area contributed by atoms with E-state index in [4.69, 9.17) is 9.47 Å². The van der Waals surface area contributed by atoms with Gasteiger partial charge in [-0.05, 0) is 25.1 Å². The number of fused-ring (bicyclic) bond motifs is 1. The smallest absolute Gasteiger partial charge is 0.255 e. The number of nitrogens with one attached hydrogen (secondary N) is 2. The molecule has 2 N–H and O–H groups in total. The molecule has 0 radical (unpaired) electrons. The third-order valence-electron chi connectivity index (χ3n) is 2.87. The Morgan fingerprint density at radius 2 is 2.00 bits per heavy atom. The minimum atomic E-state index is -0.349. The molecule has 1 aromatic heterocycles. The van der Waals surface area contributed by atoms with Crippen LogP contribution in [0, 0.1) is 6.92 Å². The second kappa shape index (κ2) is 4.73. The van der Waals surface area contributed by atoms with Crippen LogP contribution >= 0.6 is 0 Å². The molecule has 1 aliphatic heterocycles. The molecule has 0 saturated heterocycles. The summed E-state index contributed by atoms with van der Waals surface area (Å²) in [6.45, 7) is 1.90. The number of benzene rings is 1. The molecule has 0 aliphatic carbocycles. The lowest BCUT2D eigenvalue weighted by Crippen LogP contribution is -2.16. The zero-order valence-corrected chi connectivity index (χ0v) is 10.7. The number of hydrogen-bond acceptors (Lipinski definition) is 4. The Bertz CT molecular complexity index is 736. The summed E-state index contributed by atoms with van der Waals surface area (Å²) in [5.74, 6) is 0.887. The number of ether oxygens (including phenoxy) is 2. The molecule has 1 amide bonds. The fourth-order valence-electron chi connectivity index (χ4n) is 1.99. The fourth-order valence-corrected chi connectivity index (χ4v) is 1.99. The number of rotatable bonds is 2. The van der Waals surface area contributed by atoms with E-state index < -0.39 is 0 Å². The van der Waals surface area contributed by atoms with Gasteiger partial charge in [0.05, 0.1) is 0 Å². The highest BCUT2D eigenvalue weighted by Gasteiger charge is 2.14. The van der Waals surface area contributed by atoms with Crippen LogP contribution in [0.2, 0.25) is 0 Å². The number of aromatic nitrogens is 1. The summed E-state index contributed by atoms with van der Waals surface area (Å²) in [6.07, 6.45) is 0. The monoisotopic (exact) mass is 272 g/mol. The normalized spacial score (nSPS) is 12.2. The first kappa shape index (κ1) is 12.3. The predicted octanol–water partition coefficient (Wildman–Crippen LogP) is 1.66. The molecule has 1 aliphatic rings. The van der Waals surface area contributed by atoms with Gasteiger partial charge in [-0.2, -0.15) is 0 Å². The zero-order valence-electron chi connectivity index (χ0n) is 10.7. The van der Waals surface area contributed by atoms with Crippen molar-refractivity contribution >= 4 is 11.6 Å². The predicted molar refractivity (Wildman–Crippen MR) is 72.3 cm³/mol. The number of hydrogen-bond donors (Lipinski definition) is 2. The van der Waals surface area contributed by atoms with Gasteiger partial charge in [0.25, 0.3) is 5.91 Å². The Balaban J connectivity index is 1.83. The Kier molecular flexibility index (Phi) is 2.90. The van der Waals surface area contributed by atoms with Crippen LogP contribution in [0.5, 0.6) is 11.5 Å². The first-order chi connectivity index (χ1) is 9.61. The molecule has 0 spiro atoms. The number of amides is 1. The maximum absolute atomic E-state index is 12.1. The van der Waals surface area contributed by atoms with Gasteiger partial charge in [-0.15, -0.1) is 0 Å². The van der Waals surface area contributed by atoms with E-state index >= 15 is 0 Å². The van der Waals surface area contributed by atoms with Gasteiger partial charge < -0.3 is 19.8 Å². The van der Waals surface area contributed by atoms with E-state index in [1.54, 1.807) is 31.2 Å². The van der Waals surface area contributed by atoms with Crippen molar-refractivity contribution in [3.8, 4) is 11.5 Å². The number of carbonyl (C=O) groups excluding carboxylic acids is 1. The zero-order chi connectivity index (χ0) is 14.1. The van der Waals surface area contributed by atoms with Gasteiger partial charge in [0.15, 0.2) is 11.5 Å². The van der Waals surface area contributed by atoms with Gasteiger partial charge in [-0.25, -0.2) is 0 Å². The highest BCUT2D eigenvalue weighted by atomic mass is 16.7. The molecule has 0 saturated carbocycles. The van der Waals surface area contributed by atoms with Crippen molar-refractivity contribution in [1.29, 1.82) is 0 Å². The highest BCUT2D eigenvalue weighted by molar-refractivity contribution is 6.04. The van der Waals surface area contributed by atoms with Crippen molar-refractivity contribution in [2.45, 2.75) is 6.92 Å². The molecule has 1 aromatic carbocycles. The first-order valence-corrected chi connectivity index (χ1v) is 6.04. The minimum absolute atomic E-state index is 0.181. The van der Waals surface area contributed by atoms with Crippen LogP contribution in [0.25, 0.3) is 0 Å². The molecular weight excluding hydrogens is 260 g/mol. The summed E-state index contributed by atoms with van der Waals surface area (Å²) in [7, 11) is 0. The molecular formula is C14H12N2O4. The maximum atomic E-state index is 12.1. The number of aromatic amines is 1. The average molecular weight is 272 g/mol.